The van der Waals surface area contributed by atoms with Crippen molar-refractivity contribution in [3.05, 3.63) is 30.3 Å². The third-order valence-corrected chi connectivity index (χ3v) is 4.64. The molecule has 0 saturated carbocycles. The Balaban J connectivity index is 1.99. The van der Waals surface area contributed by atoms with Gasteiger partial charge in [-0.05, 0) is 18.6 Å². The Labute approximate surface area is 123 Å². The number of likely N-dealkylation sites (tertiary alicyclic amines) is 1. The Morgan fingerprint density at radius 1 is 1.45 bits per heavy atom. The van der Waals surface area contributed by atoms with Crippen LogP contribution in [-0.4, -0.2) is 48.6 Å². The molecule has 1 aromatic rings. The lowest BCUT2D eigenvalue weighted by molar-refractivity contribution is -0.146. The van der Waals surface area contributed by atoms with Crippen LogP contribution in [0, 0.1) is 0 Å². The van der Waals surface area contributed by atoms with Gasteiger partial charge in [0.25, 0.3) is 0 Å². The second kappa shape index (κ2) is 7.45. The minimum Gasteiger partial charge on any atom is -0.468 e. The molecule has 0 amide bonds. The molecule has 0 aromatic heterocycles. The zero-order valence-corrected chi connectivity index (χ0v) is 12.3. The van der Waals surface area contributed by atoms with Crippen LogP contribution < -0.4 is 0 Å². The third kappa shape index (κ3) is 3.84. The van der Waals surface area contributed by atoms with E-state index in [0.29, 0.717) is 18.2 Å². The van der Waals surface area contributed by atoms with Gasteiger partial charge in [-0.15, -0.1) is 11.8 Å². The Bertz CT molecular complexity index is 452. The van der Waals surface area contributed by atoms with Crippen molar-refractivity contribution in [2.75, 3.05) is 20.2 Å². The van der Waals surface area contributed by atoms with Crippen LogP contribution in [0.4, 0.5) is 0 Å². The van der Waals surface area contributed by atoms with Gasteiger partial charge in [-0.25, -0.2) is 0 Å². The van der Waals surface area contributed by atoms with E-state index in [2.05, 4.69) is 17.0 Å². The zero-order valence-electron chi connectivity index (χ0n) is 11.5. The van der Waals surface area contributed by atoms with Crippen LogP contribution >= 0.6 is 11.8 Å². The van der Waals surface area contributed by atoms with E-state index in [0.717, 1.165) is 19.3 Å². The summed E-state index contributed by atoms with van der Waals surface area (Å²) in [5.41, 5.74) is 0. The summed E-state index contributed by atoms with van der Waals surface area (Å²) in [6, 6.07) is 9.95. The van der Waals surface area contributed by atoms with Gasteiger partial charge in [-0.1, -0.05) is 18.2 Å². The summed E-state index contributed by atoms with van der Waals surface area (Å²) >= 11 is 1.78. The Kier molecular flexibility index (Phi) is 5.61. The fourth-order valence-corrected chi connectivity index (χ4v) is 3.73. The van der Waals surface area contributed by atoms with Gasteiger partial charge in [0.2, 0.25) is 0 Å². The fourth-order valence-electron chi connectivity index (χ4n) is 2.49. The van der Waals surface area contributed by atoms with Crippen LogP contribution in [0.5, 0.6) is 0 Å². The molecule has 0 aliphatic carbocycles. The highest BCUT2D eigenvalue weighted by Gasteiger charge is 2.37. The first kappa shape index (κ1) is 15.1. The summed E-state index contributed by atoms with van der Waals surface area (Å²) in [5.74, 6) is -0.202. The van der Waals surface area contributed by atoms with E-state index >= 15 is 0 Å². The smallest absolute Gasteiger partial charge is 0.323 e. The molecule has 1 aliphatic rings. The van der Waals surface area contributed by atoms with Gasteiger partial charge < -0.3 is 9.53 Å². The molecule has 2 atom stereocenters. The fraction of sp³-hybridized carbons (Fsp3) is 0.467. The van der Waals surface area contributed by atoms with Gasteiger partial charge in [0.05, 0.1) is 7.11 Å². The maximum atomic E-state index is 11.8. The van der Waals surface area contributed by atoms with Crippen LogP contribution in [0.3, 0.4) is 0 Å². The van der Waals surface area contributed by atoms with Crippen molar-refractivity contribution in [1.29, 1.82) is 0 Å². The van der Waals surface area contributed by atoms with Gasteiger partial charge in [-0.2, -0.15) is 0 Å². The minimum atomic E-state index is -0.221. The number of methoxy groups -OCH3 is 1. The first-order chi connectivity index (χ1) is 9.74. The molecule has 1 fully saturated rings. The normalized spacial score (nSPS) is 22.6. The number of rotatable bonds is 6. The van der Waals surface area contributed by atoms with Gasteiger partial charge in [0, 0.05) is 29.7 Å². The van der Waals surface area contributed by atoms with Crippen molar-refractivity contribution in [2.45, 2.75) is 29.0 Å². The average molecular weight is 293 g/mol. The molecule has 2 rings (SSSR count). The molecule has 0 radical (unpaired) electrons. The number of benzene rings is 1. The van der Waals surface area contributed by atoms with Crippen molar-refractivity contribution in [2.24, 2.45) is 0 Å². The van der Waals surface area contributed by atoms with E-state index in [1.54, 1.807) is 11.8 Å². The first-order valence-corrected chi connectivity index (χ1v) is 7.59. The summed E-state index contributed by atoms with van der Waals surface area (Å²) in [7, 11) is 1.41. The van der Waals surface area contributed by atoms with Crippen LogP contribution in [0.2, 0.25) is 0 Å². The second-order valence-electron chi connectivity index (χ2n) is 4.78. The Hall–Kier alpha value is -1.33. The number of thioether (sulfide) groups is 1. The molecular weight excluding hydrogens is 274 g/mol. The zero-order chi connectivity index (χ0) is 14.4. The molecule has 4 nitrogen and oxygen atoms in total. The lowest BCUT2D eigenvalue weighted by atomic mass is 10.2. The Morgan fingerprint density at radius 3 is 2.85 bits per heavy atom. The highest BCUT2D eigenvalue weighted by molar-refractivity contribution is 8.00. The maximum absolute atomic E-state index is 11.8. The second-order valence-corrected chi connectivity index (χ2v) is 6.15. The number of aldehydes is 1. The monoisotopic (exact) mass is 293 g/mol. The number of hydrogen-bond donors (Lipinski definition) is 0. The van der Waals surface area contributed by atoms with E-state index in [-0.39, 0.29) is 12.0 Å². The SMILES string of the molecule is COC(=O)[C@@H]1CC(Sc2ccccc2)CN1CCC=O. The number of nitrogens with zero attached hydrogens (tertiary/aromatic N) is 1. The lowest BCUT2D eigenvalue weighted by Crippen LogP contribution is -2.37. The van der Waals surface area contributed by atoms with Crippen LogP contribution in [0.25, 0.3) is 0 Å². The summed E-state index contributed by atoms with van der Waals surface area (Å²) in [4.78, 5) is 25.6. The molecular formula is C15H19NO3S. The first-order valence-electron chi connectivity index (χ1n) is 6.72. The highest BCUT2D eigenvalue weighted by atomic mass is 32.2. The molecule has 1 aliphatic heterocycles. The molecule has 108 valence electrons. The van der Waals surface area contributed by atoms with Crippen molar-refractivity contribution < 1.29 is 14.3 Å². The van der Waals surface area contributed by atoms with Crippen LogP contribution in [0.1, 0.15) is 12.8 Å². The predicted octanol–water partition coefficient (Wildman–Crippen LogP) is 1.98. The Morgan fingerprint density at radius 2 is 2.20 bits per heavy atom. The molecule has 1 aromatic carbocycles. The number of hydrogen-bond acceptors (Lipinski definition) is 5. The van der Waals surface area contributed by atoms with E-state index in [9.17, 15) is 9.59 Å². The topological polar surface area (TPSA) is 46.6 Å². The molecule has 5 heteroatoms. The standard InChI is InChI=1S/C15H19NO3S/c1-19-15(18)14-10-13(11-16(14)8-5-9-17)20-12-6-3-2-4-7-12/h2-4,6-7,9,13-14H,5,8,10-11H2,1H3/t13?,14-/m0/s1. The van der Waals surface area contributed by atoms with Crippen molar-refractivity contribution in [3.63, 3.8) is 0 Å². The van der Waals surface area contributed by atoms with Gasteiger partial charge in [0.1, 0.15) is 12.3 Å². The van der Waals surface area contributed by atoms with Crippen LogP contribution in [-0.2, 0) is 14.3 Å². The van der Waals surface area contributed by atoms with E-state index in [1.165, 1.54) is 12.0 Å². The number of ether oxygens (including phenoxy) is 1. The van der Waals surface area contributed by atoms with E-state index in [4.69, 9.17) is 4.74 Å². The molecule has 0 bridgehead atoms. The largest absolute Gasteiger partial charge is 0.468 e. The quantitative estimate of drug-likeness (QED) is 0.593. The lowest BCUT2D eigenvalue weighted by Gasteiger charge is -2.20. The van der Waals surface area contributed by atoms with Crippen molar-refractivity contribution in [3.8, 4) is 0 Å². The predicted molar refractivity (Wildman–Crippen MR) is 78.8 cm³/mol. The maximum Gasteiger partial charge on any atom is 0.323 e. The van der Waals surface area contributed by atoms with Gasteiger partial charge >= 0.3 is 5.97 Å². The summed E-state index contributed by atoms with van der Waals surface area (Å²) in [6.45, 7) is 1.43. The molecule has 20 heavy (non-hydrogen) atoms. The number of carbonyl (C=O) groups is 2. The molecule has 1 saturated heterocycles. The number of carbonyl (C=O) groups excluding carboxylic acids is 2. The van der Waals surface area contributed by atoms with Gasteiger partial charge in [-0.3, -0.25) is 9.69 Å². The van der Waals surface area contributed by atoms with Crippen molar-refractivity contribution >= 4 is 24.0 Å². The highest BCUT2D eigenvalue weighted by Crippen LogP contribution is 2.33. The minimum absolute atomic E-state index is 0.202. The van der Waals surface area contributed by atoms with Crippen molar-refractivity contribution in [1.82, 2.24) is 4.90 Å². The summed E-state index contributed by atoms with van der Waals surface area (Å²) in [6.07, 6.45) is 2.12. The van der Waals surface area contributed by atoms with Crippen LogP contribution in [0.15, 0.2) is 35.2 Å². The molecule has 1 heterocycles. The molecule has 1 unspecified atom stereocenters. The summed E-state index contributed by atoms with van der Waals surface area (Å²) < 4.78 is 4.86. The molecule has 0 N–H and O–H groups in total. The average Bonchev–Trinajstić information content (AvgIpc) is 2.88. The number of esters is 1. The van der Waals surface area contributed by atoms with Gasteiger partial charge in [0.15, 0.2) is 0 Å². The van der Waals surface area contributed by atoms with E-state index in [1.807, 2.05) is 18.2 Å². The molecule has 0 spiro atoms. The third-order valence-electron chi connectivity index (χ3n) is 3.42. The summed E-state index contributed by atoms with van der Waals surface area (Å²) in [5, 5.41) is 0.355. The van der Waals surface area contributed by atoms with E-state index < -0.39 is 0 Å².